The average Bonchev–Trinajstić information content (AvgIpc) is 2.62. The lowest BCUT2D eigenvalue weighted by Crippen LogP contribution is -2.40. The molecule has 6 nitrogen and oxygen atoms in total. The topological polar surface area (TPSA) is 74.8 Å². The van der Waals surface area contributed by atoms with Crippen LogP contribution in [0.5, 0.6) is 0 Å². The molecule has 0 bridgehead atoms. The van der Waals surface area contributed by atoms with E-state index in [1.807, 2.05) is 6.07 Å². The molecule has 0 saturated carbocycles. The third-order valence-electron chi connectivity index (χ3n) is 4.15. The fourth-order valence-corrected chi connectivity index (χ4v) is 3.94. The second-order valence-electron chi connectivity index (χ2n) is 5.78. The van der Waals surface area contributed by atoms with Gasteiger partial charge in [-0.15, -0.1) is 0 Å². The summed E-state index contributed by atoms with van der Waals surface area (Å²) in [5, 5.41) is 0. The molecular formula is C18H18N2O4S. The summed E-state index contributed by atoms with van der Waals surface area (Å²) >= 11 is 0. The molecule has 0 atom stereocenters. The molecule has 1 heterocycles. The van der Waals surface area contributed by atoms with Gasteiger partial charge in [0.25, 0.3) is 10.0 Å². The molecule has 1 fully saturated rings. The van der Waals surface area contributed by atoms with E-state index in [0.29, 0.717) is 30.6 Å². The summed E-state index contributed by atoms with van der Waals surface area (Å²) in [4.78, 5) is 25.1. The zero-order valence-corrected chi connectivity index (χ0v) is 14.6. The Bertz CT molecular complexity index is 876. The van der Waals surface area contributed by atoms with E-state index < -0.39 is 10.0 Å². The van der Waals surface area contributed by atoms with Crippen molar-refractivity contribution < 1.29 is 18.0 Å². The van der Waals surface area contributed by atoms with Crippen LogP contribution in [0.1, 0.15) is 19.3 Å². The van der Waals surface area contributed by atoms with E-state index in [0.717, 1.165) is 4.90 Å². The summed E-state index contributed by atoms with van der Waals surface area (Å²) in [6, 6.07) is 14.6. The molecule has 7 heteroatoms. The van der Waals surface area contributed by atoms with Gasteiger partial charge >= 0.3 is 0 Å². The van der Waals surface area contributed by atoms with Crippen LogP contribution in [-0.2, 0) is 19.6 Å². The fraction of sp³-hybridized carbons (Fsp3) is 0.222. The van der Waals surface area contributed by atoms with Crippen LogP contribution in [-0.4, -0.2) is 27.3 Å². The Labute approximate surface area is 146 Å². The number of sulfonamides is 1. The van der Waals surface area contributed by atoms with Gasteiger partial charge in [0.2, 0.25) is 11.8 Å². The minimum atomic E-state index is -3.72. The number of rotatable bonds is 4. The second-order valence-corrected chi connectivity index (χ2v) is 7.75. The number of hydrogen-bond acceptors (Lipinski definition) is 4. The van der Waals surface area contributed by atoms with E-state index in [4.69, 9.17) is 0 Å². The number of hydrogen-bond donors (Lipinski definition) is 0. The van der Waals surface area contributed by atoms with Crippen molar-refractivity contribution in [1.82, 2.24) is 0 Å². The summed E-state index contributed by atoms with van der Waals surface area (Å²) < 4.78 is 26.6. The lowest BCUT2D eigenvalue weighted by molar-refractivity contribution is -0.129. The van der Waals surface area contributed by atoms with Gasteiger partial charge in [0.1, 0.15) is 0 Å². The molecular weight excluding hydrogens is 340 g/mol. The van der Waals surface area contributed by atoms with Crippen LogP contribution in [0.15, 0.2) is 59.5 Å². The smallest absolute Gasteiger partial charge is 0.264 e. The Morgan fingerprint density at radius 2 is 1.44 bits per heavy atom. The molecule has 2 aromatic rings. The number of para-hydroxylation sites is 1. The van der Waals surface area contributed by atoms with Gasteiger partial charge in [0.15, 0.2) is 0 Å². The highest BCUT2D eigenvalue weighted by Gasteiger charge is 2.28. The Morgan fingerprint density at radius 3 is 2.00 bits per heavy atom. The molecule has 0 spiro atoms. The molecule has 25 heavy (non-hydrogen) atoms. The van der Waals surface area contributed by atoms with Gasteiger partial charge in [-0.2, -0.15) is 0 Å². The van der Waals surface area contributed by atoms with Gasteiger partial charge in [0.05, 0.1) is 16.3 Å². The first-order valence-corrected chi connectivity index (χ1v) is 9.35. The van der Waals surface area contributed by atoms with Crippen molar-refractivity contribution in [2.45, 2.75) is 24.2 Å². The van der Waals surface area contributed by atoms with Crippen LogP contribution in [0.4, 0.5) is 11.4 Å². The molecule has 0 N–H and O–H groups in total. The number of amides is 2. The highest BCUT2D eigenvalue weighted by Crippen LogP contribution is 2.26. The summed E-state index contributed by atoms with van der Waals surface area (Å²) in [5.41, 5.74) is 0.948. The van der Waals surface area contributed by atoms with E-state index in [-0.39, 0.29) is 16.7 Å². The molecule has 2 aromatic carbocycles. The first-order valence-electron chi connectivity index (χ1n) is 7.91. The van der Waals surface area contributed by atoms with E-state index >= 15 is 0 Å². The van der Waals surface area contributed by atoms with E-state index in [1.165, 1.54) is 35.6 Å². The second kappa shape index (κ2) is 6.68. The third kappa shape index (κ3) is 3.28. The van der Waals surface area contributed by atoms with Crippen LogP contribution in [0.3, 0.4) is 0 Å². The van der Waals surface area contributed by atoms with Crippen LogP contribution < -0.4 is 9.21 Å². The number of anilines is 2. The monoisotopic (exact) mass is 358 g/mol. The van der Waals surface area contributed by atoms with Gasteiger partial charge in [0, 0.05) is 19.9 Å². The van der Waals surface area contributed by atoms with Gasteiger partial charge < -0.3 is 0 Å². The molecule has 0 unspecified atom stereocenters. The fourth-order valence-electron chi connectivity index (χ4n) is 2.74. The number of carbonyl (C=O) groups is 2. The molecule has 0 aliphatic carbocycles. The van der Waals surface area contributed by atoms with Crippen LogP contribution in [0.2, 0.25) is 0 Å². The maximum absolute atomic E-state index is 12.7. The average molecular weight is 358 g/mol. The largest absolute Gasteiger partial charge is 0.274 e. The van der Waals surface area contributed by atoms with Gasteiger partial charge in [-0.05, 0) is 42.8 Å². The normalized spacial score (nSPS) is 15.3. The summed E-state index contributed by atoms with van der Waals surface area (Å²) in [7, 11) is -2.24. The van der Waals surface area contributed by atoms with Gasteiger partial charge in [-0.25, -0.2) is 8.42 Å². The highest BCUT2D eigenvalue weighted by atomic mass is 32.2. The van der Waals surface area contributed by atoms with Crippen molar-refractivity contribution in [2.24, 2.45) is 0 Å². The Hall–Kier alpha value is -2.67. The van der Waals surface area contributed by atoms with Crippen molar-refractivity contribution in [2.75, 3.05) is 16.3 Å². The summed E-state index contributed by atoms with van der Waals surface area (Å²) in [6.07, 6.45) is 1.20. The van der Waals surface area contributed by atoms with Crippen molar-refractivity contribution >= 4 is 33.2 Å². The minimum absolute atomic E-state index is 0.0968. The third-order valence-corrected chi connectivity index (χ3v) is 5.95. The standard InChI is InChI=1S/C18H18N2O4S/c1-19(14-6-3-2-4-7-14)25(23,24)16-12-10-15(11-13-16)20-17(21)8-5-9-18(20)22/h2-4,6-7,10-13H,5,8-9H2,1H3. The molecule has 0 radical (unpaired) electrons. The SMILES string of the molecule is CN(c1ccccc1)S(=O)(=O)c1ccc(N2C(=O)CCCC2=O)cc1. The van der Waals surface area contributed by atoms with E-state index in [2.05, 4.69) is 0 Å². The Kier molecular flexibility index (Phi) is 4.59. The molecule has 0 aromatic heterocycles. The molecule has 1 saturated heterocycles. The molecule has 3 rings (SSSR count). The van der Waals surface area contributed by atoms with Crippen molar-refractivity contribution in [3.8, 4) is 0 Å². The zero-order chi connectivity index (χ0) is 18.0. The van der Waals surface area contributed by atoms with Crippen LogP contribution >= 0.6 is 0 Å². The van der Waals surface area contributed by atoms with Crippen molar-refractivity contribution in [1.29, 1.82) is 0 Å². The highest BCUT2D eigenvalue weighted by molar-refractivity contribution is 7.92. The minimum Gasteiger partial charge on any atom is -0.274 e. The summed E-state index contributed by atoms with van der Waals surface area (Å²) in [6.45, 7) is 0. The number of imide groups is 1. The predicted molar refractivity (Wildman–Crippen MR) is 94.8 cm³/mol. The molecule has 2 amide bonds. The van der Waals surface area contributed by atoms with Crippen LogP contribution in [0.25, 0.3) is 0 Å². The Morgan fingerprint density at radius 1 is 0.880 bits per heavy atom. The van der Waals surface area contributed by atoms with Gasteiger partial charge in [-0.3, -0.25) is 18.8 Å². The maximum atomic E-state index is 12.7. The maximum Gasteiger partial charge on any atom is 0.264 e. The molecule has 1 aliphatic rings. The lowest BCUT2D eigenvalue weighted by Gasteiger charge is -2.25. The van der Waals surface area contributed by atoms with Gasteiger partial charge in [-0.1, -0.05) is 18.2 Å². The number of benzene rings is 2. The lowest BCUT2D eigenvalue weighted by atomic mass is 10.1. The molecule has 130 valence electrons. The van der Waals surface area contributed by atoms with Crippen molar-refractivity contribution in [3.63, 3.8) is 0 Å². The first kappa shape index (κ1) is 17.2. The molecule has 1 aliphatic heterocycles. The predicted octanol–water partition coefficient (Wildman–Crippen LogP) is 2.56. The van der Waals surface area contributed by atoms with E-state index in [9.17, 15) is 18.0 Å². The summed E-state index contributed by atoms with van der Waals surface area (Å²) in [5.74, 6) is -0.512. The zero-order valence-electron chi connectivity index (χ0n) is 13.8. The van der Waals surface area contributed by atoms with Crippen LogP contribution in [0, 0.1) is 0 Å². The first-order chi connectivity index (χ1) is 11.9. The number of nitrogens with zero attached hydrogens (tertiary/aromatic N) is 2. The van der Waals surface area contributed by atoms with Crippen molar-refractivity contribution in [3.05, 3.63) is 54.6 Å². The number of carbonyl (C=O) groups excluding carboxylic acids is 2. The van der Waals surface area contributed by atoms with E-state index in [1.54, 1.807) is 24.3 Å². The quantitative estimate of drug-likeness (QED) is 0.787. The number of piperidine rings is 1. The Balaban J connectivity index is 1.89.